The van der Waals surface area contributed by atoms with Crippen LogP contribution < -0.4 is 9.64 Å². The second-order valence-electron chi connectivity index (χ2n) is 4.55. The number of rotatable bonds is 4. The van der Waals surface area contributed by atoms with Gasteiger partial charge in [0.15, 0.2) is 0 Å². The minimum absolute atomic E-state index is 0.252. The Morgan fingerprint density at radius 1 is 1.45 bits per heavy atom. The van der Waals surface area contributed by atoms with Crippen LogP contribution in [-0.4, -0.2) is 39.0 Å². The number of carbonyl (C=O) groups is 1. The highest BCUT2D eigenvalue weighted by Crippen LogP contribution is 2.27. The van der Waals surface area contributed by atoms with Crippen LogP contribution in [0.15, 0.2) is 30.3 Å². The number of aliphatic carboxylic acids is 1. The number of hydrogen-bond donors (Lipinski definition) is 1. The van der Waals surface area contributed by atoms with E-state index in [0.717, 1.165) is 5.56 Å². The summed E-state index contributed by atoms with van der Waals surface area (Å²) in [5.41, 5.74) is 1.02. The summed E-state index contributed by atoms with van der Waals surface area (Å²) < 4.78 is 6.56. The Morgan fingerprint density at radius 2 is 2.20 bits per heavy atom. The molecule has 0 aliphatic carbocycles. The third-order valence-corrected chi connectivity index (χ3v) is 3.28. The maximum Gasteiger partial charge on any atom is 0.337 e. The summed E-state index contributed by atoms with van der Waals surface area (Å²) in [6.07, 6.45) is 0. The molecule has 0 spiro atoms. The Hall–Kier alpha value is -2.57. The molecule has 0 bridgehead atoms. The van der Waals surface area contributed by atoms with Crippen LogP contribution in [0.25, 0.3) is 0 Å². The first kappa shape index (κ1) is 12.5. The van der Waals surface area contributed by atoms with Crippen LogP contribution in [0.4, 0.5) is 5.95 Å². The predicted octanol–water partition coefficient (Wildman–Crippen LogP) is 0.760. The fraction of sp³-hybridized carbons (Fsp3) is 0.308. The first-order valence-corrected chi connectivity index (χ1v) is 6.21. The first-order valence-electron chi connectivity index (χ1n) is 6.21. The lowest BCUT2D eigenvalue weighted by Crippen LogP contribution is -2.38. The Kier molecular flexibility index (Phi) is 3.02. The molecule has 2 heterocycles. The molecule has 1 unspecified atom stereocenters. The minimum Gasteiger partial charge on any atom is -0.480 e. The molecule has 0 radical (unpaired) electrons. The van der Waals surface area contributed by atoms with Crippen LogP contribution in [0.3, 0.4) is 0 Å². The van der Waals surface area contributed by atoms with E-state index in [9.17, 15) is 9.90 Å². The molecule has 0 amide bonds. The molecule has 0 saturated heterocycles. The van der Waals surface area contributed by atoms with Gasteiger partial charge in [-0.05, 0) is 5.56 Å². The van der Waals surface area contributed by atoms with Crippen LogP contribution >= 0.6 is 0 Å². The fourth-order valence-electron chi connectivity index (χ4n) is 2.31. The second-order valence-corrected chi connectivity index (χ2v) is 4.55. The number of hydrogen-bond acceptors (Lipinski definition) is 5. The van der Waals surface area contributed by atoms with E-state index in [2.05, 4.69) is 10.1 Å². The monoisotopic (exact) mass is 274 g/mol. The van der Waals surface area contributed by atoms with Crippen LogP contribution in [0.1, 0.15) is 5.56 Å². The number of anilines is 1. The number of carboxylic acids is 1. The van der Waals surface area contributed by atoms with Crippen LogP contribution in [0.5, 0.6) is 6.01 Å². The van der Waals surface area contributed by atoms with E-state index in [1.54, 1.807) is 9.58 Å². The van der Waals surface area contributed by atoms with E-state index in [4.69, 9.17) is 4.74 Å². The van der Waals surface area contributed by atoms with Crippen LogP contribution in [0.2, 0.25) is 0 Å². The molecular formula is C13H14N4O3. The molecule has 7 heteroatoms. The maximum atomic E-state index is 11.4. The number of benzene rings is 1. The van der Waals surface area contributed by atoms with Crippen molar-refractivity contribution in [1.82, 2.24) is 14.8 Å². The van der Waals surface area contributed by atoms with E-state index in [1.807, 2.05) is 30.3 Å². The number of methoxy groups -OCH3 is 1. The molecule has 0 fully saturated rings. The number of fused-ring (bicyclic) bond motifs is 1. The quantitative estimate of drug-likeness (QED) is 0.886. The Bertz CT molecular complexity index is 626. The standard InChI is InChI=1S/C13H14N4O3/c1-20-12-14-13-16(7-9-5-3-2-4-6-9)10(11(18)19)8-17(13)15-12/h2-6,10H,7-8H2,1H3,(H,18,19). The van der Waals surface area contributed by atoms with Gasteiger partial charge >= 0.3 is 12.0 Å². The van der Waals surface area contributed by atoms with Gasteiger partial charge in [-0.15, -0.1) is 5.10 Å². The average Bonchev–Trinajstić information content (AvgIpc) is 2.99. The third-order valence-electron chi connectivity index (χ3n) is 3.28. The van der Waals surface area contributed by atoms with Crippen LogP contribution in [0, 0.1) is 0 Å². The predicted molar refractivity (Wildman–Crippen MR) is 70.6 cm³/mol. The van der Waals surface area contributed by atoms with Gasteiger partial charge in [0.2, 0.25) is 5.95 Å². The fourth-order valence-corrected chi connectivity index (χ4v) is 2.31. The van der Waals surface area contributed by atoms with E-state index in [1.165, 1.54) is 7.11 Å². The molecule has 20 heavy (non-hydrogen) atoms. The molecule has 1 atom stereocenters. The molecule has 2 aromatic rings. The maximum absolute atomic E-state index is 11.4. The van der Waals surface area contributed by atoms with Gasteiger partial charge in [-0.1, -0.05) is 30.3 Å². The van der Waals surface area contributed by atoms with Gasteiger partial charge < -0.3 is 14.7 Å². The van der Waals surface area contributed by atoms with Gasteiger partial charge in [0.05, 0.1) is 13.7 Å². The van der Waals surface area contributed by atoms with Gasteiger partial charge in [0.25, 0.3) is 0 Å². The summed E-state index contributed by atoms with van der Waals surface area (Å²) >= 11 is 0. The summed E-state index contributed by atoms with van der Waals surface area (Å²) in [6, 6.07) is 9.27. The molecule has 1 N–H and O–H groups in total. The molecule has 104 valence electrons. The van der Waals surface area contributed by atoms with Gasteiger partial charge in [-0.3, -0.25) is 0 Å². The third kappa shape index (κ3) is 2.07. The van der Waals surface area contributed by atoms with Gasteiger partial charge in [0, 0.05) is 6.54 Å². The topological polar surface area (TPSA) is 80.5 Å². The summed E-state index contributed by atoms with van der Waals surface area (Å²) in [5.74, 6) is -0.356. The largest absolute Gasteiger partial charge is 0.480 e. The molecule has 3 rings (SSSR count). The average molecular weight is 274 g/mol. The highest BCUT2D eigenvalue weighted by molar-refractivity contribution is 5.78. The van der Waals surface area contributed by atoms with Crippen molar-refractivity contribution < 1.29 is 14.6 Å². The van der Waals surface area contributed by atoms with Gasteiger partial charge in [-0.2, -0.15) is 4.98 Å². The normalized spacial score (nSPS) is 17.1. The SMILES string of the molecule is COc1nc2n(n1)CC(C(=O)O)N2Cc1ccccc1. The zero-order chi connectivity index (χ0) is 14.1. The second kappa shape index (κ2) is 4.84. The minimum atomic E-state index is -0.882. The van der Waals surface area contributed by atoms with Crippen molar-refractivity contribution in [2.24, 2.45) is 0 Å². The van der Waals surface area contributed by atoms with Crippen molar-refractivity contribution in [3.8, 4) is 6.01 Å². The zero-order valence-corrected chi connectivity index (χ0v) is 10.9. The highest BCUT2D eigenvalue weighted by atomic mass is 16.5. The zero-order valence-electron chi connectivity index (χ0n) is 10.9. The molecule has 1 aromatic carbocycles. The summed E-state index contributed by atoms with van der Waals surface area (Å²) in [7, 11) is 1.49. The molecule has 1 aliphatic rings. The first-order chi connectivity index (χ1) is 9.69. The van der Waals surface area contributed by atoms with Crippen molar-refractivity contribution in [3.63, 3.8) is 0 Å². The lowest BCUT2D eigenvalue weighted by molar-refractivity contribution is -0.138. The Morgan fingerprint density at radius 3 is 2.85 bits per heavy atom. The highest BCUT2D eigenvalue weighted by Gasteiger charge is 2.37. The summed E-state index contributed by atoms with van der Waals surface area (Å²) in [6.45, 7) is 0.744. The summed E-state index contributed by atoms with van der Waals surface area (Å²) in [4.78, 5) is 17.3. The number of carboxylic acid groups (broad SMARTS) is 1. The Balaban J connectivity index is 1.92. The van der Waals surface area contributed by atoms with E-state index in [0.29, 0.717) is 12.5 Å². The summed E-state index contributed by atoms with van der Waals surface area (Å²) in [5, 5.41) is 13.4. The molecule has 0 saturated carbocycles. The molecule has 7 nitrogen and oxygen atoms in total. The molecule has 1 aromatic heterocycles. The molecular weight excluding hydrogens is 260 g/mol. The van der Waals surface area contributed by atoms with Crippen molar-refractivity contribution in [2.75, 3.05) is 12.0 Å². The van der Waals surface area contributed by atoms with Gasteiger partial charge in [0.1, 0.15) is 6.04 Å². The van der Waals surface area contributed by atoms with Crippen molar-refractivity contribution >= 4 is 11.9 Å². The Labute approximate surface area is 115 Å². The number of nitrogens with zero attached hydrogens (tertiary/aromatic N) is 4. The van der Waals surface area contributed by atoms with Gasteiger partial charge in [-0.25, -0.2) is 9.48 Å². The van der Waals surface area contributed by atoms with Crippen molar-refractivity contribution in [1.29, 1.82) is 0 Å². The van der Waals surface area contributed by atoms with Crippen molar-refractivity contribution in [3.05, 3.63) is 35.9 Å². The lowest BCUT2D eigenvalue weighted by atomic mass is 10.2. The number of ether oxygens (including phenoxy) is 1. The smallest absolute Gasteiger partial charge is 0.337 e. The molecule has 1 aliphatic heterocycles. The van der Waals surface area contributed by atoms with Crippen molar-refractivity contribution in [2.45, 2.75) is 19.1 Å². The number of aromatic nitrogens is 3. The lowest BCUT2D eigenvalue weighted by Gasteiger charge is -2.21. The van der Waals surface area contributed by atoms with Crippen LogP contribution in [-0.2, 0) is 17.9 Å². The van der Waals surface area contributed by atoms with E-state index >= 15 is 0 Å². The van der Waals surface area contributed by atoms with E-state index < -0.39 is 12.0 Å². The van der Waals surface area contributed by atoms with E-state index in [-0.39, 0.29) is 12.6 Å².